The van der Waals surface area contributed by atoms with Gasteiger partial charge in [0.15, 0.2) is 0 Å². The molecule has 0 radical (unpaired) electrons. The number of nitrogens with one attached hydrogen (secondary N) is 1. The predicted octanol–water partition coefficient (Wildman–Crippen LogP) is 6.86. The van der Waals surface area contributed by atoms with Gasteiger partial charge in [0.2, 0.25) is 5.13 Å². The molecule has 1 aromatic rings. The van der Waals surface area contributed by atoms with E-state index in [1.807, 2.05) is 5.38 Å². The second kappa shape index (κ2) is 16.1. The zero-order valence-corrected chi connectivity index (χ0v) is 28.7. The van der Waals surface area contributed by atoms with E-state index in [4.69, 9.17) is 23.2 Å². The number of fused-ring (bicyclic) bond motifs is 2. The first-order chi connectivity index (χ1) is 19.0. The van der Waals surface area contributed by atoms with Crippen molar-refractivity contribution in [1.82, 2.24) is 10.3 Å². The number of alkyl halides is 2. The molecular formula is C28H44Cl2N6O2SZn. The van der Waals surface area contributed by atoms with E-state index in [9.17, 15) is 10.2 Å². The van der Waals surface area contributed by atoms with Gasteiger partial charge in [-0.15, -0.1) is 39.7 Å². The van der Waals surface area contributed by atoms with Crippen LogP contribution in [0.3, 0.4) is 0 Å². The van der Waals surface area contributed by atoms with Crippen LogP contribution in [0.5, 0.6) is 0 Å². The number of halogens is 2. The second-order valence-corrected chi connectivity index (χ2v) is 14.2. The minimum absolute atomic E-state index is 0. The molecule has 3 N–H and O–H groups in total. The molecule has 6 rings (SSSR count). The van der Waals surface area contributed by atoms with Gasteiger partial charge in [-0.25, -0.2) is 4.98 Å². The quantitative estimate of drug-likeness (QED) is 0.185. The molecule has 5 aliphatic rings. The van der Waals surface area contributed by atoms with Crippen molar-refractivity contribution in [1.29, 1.82) is 0 Å². The van der Waals surface area contributed by atoms with Crippen molar-refractivity contribution < 1.29 is 29.7 Å². The molecule has 0 bridgehead atoms. The minimum Gasteiger partial charge on any atom is -0.391 e. The van der Waals surface area contributed by atoms with E-state index in [1.54, 1.807) is 6.20 Å². The van der Waals surface area contributed by atoms with Crippen LogP contribution >= 0.6 is 34.5 Å². The van der Waals surface area contributed by atoms with Crippen LogP contribution in [0.2, 0.25) is 0 Å². The molecule has 0 spiro atoms. The van der Waals surface area contributed by atoms with Crippen LogP contribution in [-0.4, -0.2) is 63.0 Å². The zero-order valence-electron chi connectivity index (χ0n) is 23.4. The molecule has 4 saturated carbocycles. The summed E-state index contributed by atoms with van der Waals surface area (Å²) >= 11 is 13.9. The Morgan fingerprint density at radius 1 is 0.800 bits per heavy atom. The van der Waals surface area contributed by atoms with E-state index in [0.29, 0.717) is 23.5 Å². The number of aliphatic hydroxyl groups is 2. The van der Waals surface area contributed by atoms with Crippen LogP contribution in [0.4, 0.5) is 5.13 Å². The van der Waals surface area contributed by atoms with Gasteiger partial charge in [0.05, 0.1) is 23.6 Å². The second-order valence-electron chi connectivity index (χ2n) is 12.2. The smallest absolute Gasteiger partial charge is 0.229 e. The van der Waals surface area contributed by atoms with Crippen LogP contribution in [0, 0.1) is 23.7 Å². The minimum atomic E-state index is -0.341. The molecule has 4 aliphatic carbocycles. The van der Waals surface area contributed by atoms with Crippen LogP contribution in [-0.2, 0) is 19.5 Å². The van der Waals surface area contributed by atoms with E-state index in [-0.39, 0.29) is 60.7 Å². The number of nitrogens with zero attached hydrogens (tertiary/aromatic N) is 5. The molecule has 8 nitrogen and oxygen atoms in total. The SMILES string of the molecule is OC1CCC2CCCCC2C1N=NC1NCC(Cl)CC1Cl.OC1CCC2CCCCC2C1N=Nc1nccs1.[Zn]. The summed E-state index contributed by atoms with van der Waals surface area (Å²) in [7, 11) is 0. The molecule has 1 saturated heterocycles. The van der Waals surface area contributed by atoms with Gasteiger partial charge in [-0.3, -0.25) is 5.32 Å². The fourth-order valence-corrected chi connectivity index (χ4v) is 8.76. The largest absolute Gasteiger partial charge is 0.391 e. The maximum atomic E-state index is 10.3. The number of piperidine rings is 1. The molecule has 0 amide bonds. The number of azo groups is 2. The number of aromatic nitrogens is 1. The summed E-state index contributed by atoms with van der Waals surface area (Å²) in [5, 5.41) is 43.8. The molecule has 0 aromatic carbocycles. The van der Waals surface area contributed by atoms with Crippen molar-refractivity contribution in [2.75, 3.05) is 6.54 Å². The first kappa shape index (κ1) is 32.8. The van der Waals surface area contributed by atoms with Crippen molar-refractivity contribution in [2.24, 2.45) is 44.1 Å². The van der Waals surface area contributed by atoms with Crippen molar-refractivity contribution >= 4 is 39.7 Å². The zero-order chi connectivity index (χ0) is 27.2. The fourth-order valence-electron chi connectivity index (χ4n) is 7.57. The Kier molecular flexibility index (Phi) is 13.2. The van der Waals surface area contributed by atoms with Gasteiger partial charge in [0, 0.05) is 43.0 Å². The van der Waals surface area contributed by atoms with Crippen LogP contribution in [0.25, 0.3) is 0 Å². The molecule has 1 aromatic heterocycles. The van der Waals surface area contributed by atoms with Gasteiger partial charge in [0.1, 0.15) is 12.2 Å². The van der Waals surface area contributed by atoms with E-state index >= 15 is 0 Å². The maximum Gasteiger partial charge on any atom is 0.229 e. The maximum absolute atomic E-state index is 10.3. The normalized spacial score (nSPS) is 41.9. The van der Waals surface area contributed by atoms with Gasteiger partial charge in [-0.2, -0.15) is 15.3 Å². The Hall–Kier alpha value is -0.0866. The average Bonchev–Trinajstić information content (AvgIpc) is 3.47. The van der Waals surface area contributed by atoms with Gasteiger partial charge in [-0.1, -0.05) is 38.5 Å². The van der Waals surface area contributed by atoms with Crippen LogP contribution < -0.4 is 5.32 Å². The number of hydrogen-bond donors (Lipinski definition) is 3. The van der Waals surface area contributed by atoms with Crippen LogP contribution in [0.1, 0.15) is 83.5 Å². The number of rotatable bonds is 4. The molecule has 11 atom stereocenters. The molecule has 40 heavy (non-hydrogen) atoms. The Balaban J connectivity index is 0.000000182. The van der Waals surface area contributed by atoms with Crippen molar-refractivity contribution in [2.45, 2.75) is 125 Å². The summed E-state index contributed by atoms with van der Waals surface area (Å²) in [6.45, 7) is 0.716. The summed E-state index contributed by atoms with van der Waals surface area (Å²) in [6, 6.07) is -0.0450. The summed E-state index contributed by atoms with van der Waals surface area (Å²) in [6.07, 6.45) is 15.9. The van der Waals surface area contributed by atoms with Crippen molar-refractivity contribution in [3.05, 3.63) is 11.6 Å². The Morgan fingerprint density at radius 2 is 1.40 bits per heavy atom. The first-order valence-corrected chi connectivity index (χ1v) is 16.8. The molecule has 11 unspecified atom stereocenters. The van der Waals surface area contributed by atoms with E-state index in [1.165, 1.54) is 62.7 Å². The third-order valence-corrected chi connectivity index (χ3v) is 11.1. The average molecular weight is 665 g/mol. The third kappa shape index (κ3) is 8.51. The number of aliphatic hydroxyl groups excluding tert-OH is 2. The summed E-state index contributed by atoms with van der Waals surface area (Å²) in [5.41, 5.74) is 0. The molecule has 2 heterocycles. The van der Waals surface area contributed by atoms with Gasteiger partial charge in [0.25, 0.3) is 0 Å². The van der Waals surface area contributed by atoms with Gasteiger partial charge in [-0.05, 0) is 68.6 Å². The van der Waals surface area contributed by atoms with E-state index < -0.39 is 0 Å². The van der Waals surface area contributed by atoms with Crippen molar-refractivity contribution in [3.8, 4) is 0 Å². The summed E-state index contributed by atoms with van der Waals surface area (Å²) < 4.78 is 0. The van der Waals surface area contributed by atoms with Crippen molar-refractivity contribution in [3.63, 3.8) is 0 Å². The first-order valence-electron chi connectivity index (χ1n) is 15.1. The summed E-state index contributed by atoms with van der Waals surface area (Å²) in [4.78, 5) is 4.11. The summed E-state index contributed by atoms with van der Waals surface area (Å²) in [5.74, 6) is 2.52. The Bertz CT molecular complexity index is 946. The predicted molar refractivity (Wildman–Crippen MR) is 156 cm³/mol. The third-order valence-electron chi connectivity index (χ3n) is 9.66. The fraction of sp³-hybridized carbons (Fsp3) is 0.893. The Morgan fingerprint density at radius 3 is 1.98 bits per heavy atom. The topological polar surface area (TPSA) is 115 Å². The molecular weight excluding hydrogens is 621 g/mol. The Labute approximate surface area is 265 Å². The number of thiazole rings is 1. The monoisotopic (exact) mass is 662 g/mol. The van der Waals surface area contributed by atoms with Gasteiger partial charge < -0.3 is 10.2 Å². The molecule has 5 fully saturated rings. The van der Waals surface area contributed by atoms with E-state index in [2.05, 4.69) is 30.8 Å². The standard InChI is InChI=1S/C15H25Cl2N3O.C13H19N3OS.Zn/c16-10-7-12(17)15(18-8-10)20-19-14-11-4-2-1-3-9(11)5-6-13(14)21;17-11-6-5-9-3-1-2-4-10(9)12(11)15-16-13-14-7-8-18-13;/h9-15,18,21H,1-8H2;7-12,17H,1-6H2;. The van der Waals surface area contributed by atoms with Crippen LogP contribution in [0.15, 0.2) is 32.0 Å². The number of hydrogen-bond acceptors (Lipinski definition) is 9. The van der Waals surface area contributed by atoms with E-state index in [0.717, 1.165) is 43.9 Å². The molecule has 1 aliphatic heterocycles. The molecule has 220 valence electrons. The van der Waals surface area contributed by atoms with Gasteiger partial charge >= 0.3 is 0 Å². The molecule has 12 heteroatoms.